The lowest BCUT2D eigenvalue weighted by Gasteiger charge is -2.16. The lowest BCUT2D eigenvalue weighted by molar-refractivity contribution is 0.172. The molecule has 1 atom stereocenters. The first kappa shape index (κ1) is 14.1. The number of aryl methyl sites for hydroxylation is 1. The molecule has 0 aliphatic carbocycles. The summed E-state index contributed by atoms with van der Waals surface area (Å²) in [6.45, 7) is 2.35. The van der Waals surface area contributed by atoms with Gasteiger partial charge in [0.2, 0.25) is 0 Å². The zero-order valence-electron chi connectivity index (χ0n) is 9.93. The molecule has 1 heterocycles. The van der Waals surface area contributed by atoms with E-state index in [2.05, 4.69) is 14.7 Å². The zero-order valence-corrected chi connectivity index (χ0v) is 10.8. The molecule has 7 nitrogen and oxygen atoms in total. The van der Waals surface area contributed by atoms with Crippen LogP contribution >= 0.6 is 0 Å². The molecule has 0 spiro atoms. The fourth-order valence-electron chi connectivity index (χ4n) is 1.40. The van der Waals surface area contributed by atoms with Gasteiger partial charge in [-0.1, -0.05) is 0 Å². The van der Waals surface area contributed by atoms with E-state index in [-0.39, 0.29) is 17.7 Å². The van der Waals surface area contributed by atoms with E-state index >= 15 is 0 Å². The lowest BCUT2D eigenvalue weighted by Crippen LogP contribution is -2.39. The third kappa shape index (κ3) is 4.08. The maximum Gasteiger partial charge on any atom is 0.257 e. The number of nitrogens with zero attached hydrogens (tertiary/aromatic N) is 1. The van der Waals surface area contributed by atoms with Crippen molar-refractivity contribution in [3.8, 4) is 0 Å². The number of aromatic nitrogens is 2. The van der Waals surface area contributed by atoms with Crippen molar-refractivity contribution < 1.29 is 13.2 Å². The maximum absolute atomic E-state index is 11.9. The van der Waals surface area contributed by atoms with E-state index < -0.39 is 10.0 Å². The number of nitrogens with two attached hydrogens (primary N) is 1. The SMILES string of the molecule is COCC(CCN)NS(=O)(=O)c1cnc(C)[nH]1. The van der Waals surface area contributed by atoms with Crippen LogP contribution in [0.25, 0.3) is 0 Å². The van der Waals surface area contributed by atoms with E-state index in [0.717, 1.165) is 0 Å². The molecular formula is C9H18N4O3S. The summed E-state index contributed by atoms with van der Waals surface area (Å²) in [6.07, 6.45) is 1.80. The second-order valence-corrected chi connectivity index (χ2v) is 5.37. The third-order valence-corrected chi connectivity index (χ3v) is 3.60. The van der Waals surface area contributed by atoms with Crippen LogP contribution in [0, 0.1) is 6.92 Å². The summed E-state index contributed by atoms with van der Waals surface area (Å²) in [5.74, 6) is 0.549. The van der Waals surface area contributed by atoms with Crippen LogP contribution in [0.4, 0.5) is 0 Å². The number of rotatable bonds is 7. The smallest absolute Gasteiger partial charge is 0.257 e. The van der Waals surface area contributed by atoms with Crippen molar-refractivity contribution in [3.05, 3.63) is 12.0 Å². The minimum Gasteiger partial charge on any atom is -0.383 e. The molecule has 0 bridgehead atoms. The number of imidazole rings is 1. The molecule has 0 fully saturated rings. The fraction of sp³-hybridized carbons (Fsp3) is 0.667. The van der Waals surface area contributed by atoms with Gasteiger partial charge in [0.15, 0.2) is 5.03 Å². The lowest BCUT2D eigenvalue weighted by atomic mass is 10.2. The Morgan fingerprint density at radius 2 is 2.35 bits per heavy atom. The van der Waals surface area contributed by atoms with Gasteiger partial charge in [-0.2, -0.15) is 0 Å². The van der Waals surface area contributed by atoms with Crippen LogP contribution < -0.4 is 10.5 Å². The predicted molar refractivity (Wildman–Crippen MR) is 63.0 cm³/mol. The number of sulfonamides is 1. The van der Waals surface area contributed by atoms with Crippen molar-refractivity contribution in [1.29, 1.82) is 0 Å². The van der Waals surface area contributed by atoms with Crippen molar-refractivity contribution in [1.82, 2.24) is 14.7 Å². The molecule has 8 heteroatoms. The summed E-state index contributed by atoms with van der Waals surface area (Å²) in [4.78, 5) is 6.52. The molecule has 0 amide bonds. The first-order valence-corrected chi connectivity index (χ1v) is 6.71. The van der Waals surface area contributed by atoms with Crippen LogP contribution in [-0.2, 0) is 14.8 Å². The molecule has 4 N–H and O–H groups in total. The first-order valence-electron chi connectivity index (χ1n) is 5.22. The number of aromatic amines is 1. The van der Waals surface area contributed by atoms with Gasteiger partial charge in [-0.3, -0.25) is 0 Å². The average molecular weight is 262 g/mol. The predicted octanol–water partition coefficient (Wildman–Crippen LogP) is -0.640. The average Bonchev–Trinajstić information content (AvgIpc) is 2.66. The molecule has 1 aromatic heterocycles. The zero-order chi connectivity index (χ0) is 12.9. The van der Waals surface area contributed by atoms with Gasteiger partial charge in [0.05, 0.1) is 12.8 Å². The largest absolute Gasteiger partial charge is 0.383 e. The van der Waals surface area contributed by atoms with Crippen LogP contribution in [0.2, 0.25) is 0 Å². The maximum atomic E-state index is 11.9. The van der Waals surface area contributed by atoms with Crippen molar-refractivity contribution in [2.45, 2.75) is 24.4 Å². The van der Waals surface area contributed by atoms with Gasteiger partial charge >= 0.3 is 0 Å². The van der Waals surface area contributed by atoms with Gasteiger partial charge in [0.25, 0.3) is 10.0 Å². The number of H-pyrrole nitrogens is 1. The van der Waals surface area contributed by atoms with Crippen LogP contribution in [0.15, 0.2) is 11.2 Å². The molecule has 0 saturated carbocycles. The summed E-state index contributed by atoms with van der Waals surface area (Å²) in [5, 5.41) is 0.0492. The molecule has 0 saturated heterocycles. The molecule has 0 aliphatic heterocycles. The summed E-state index contributed by atoms with van der Waals surface area (Å²) >= 11 is 0. The van der Waals surface area contributed by atoms with Crippen LogP contribution in [0.3, 0.4) is 0 Å². The summed E-state index contributed by atoms with van der Waals surface area (Å²) < 4.78 is 31.3. The Hall–Kier alpha value is -0.960. The Morgan fingerprint density at radius 3 is 2.82 bits per heavy atom. The molecule has 17 heavy (non-hydrogen) atoms. The van der Waals surface area contributed by atoms with E-state index in [0.29, 0.717) is 18.8 Å². The van der Waals surface area contributed by atoms with Gasteiger partial charge in [-0.05, 0) is 19.9 Å². The summed E-state index contributed by atoms with van der Waals surface area (Å²) in [6, 6.07) is -0.335. The van der Waals surface area contributed by atoms with Crippen molar-refractivity contribution in [3.63, 3.8) is 0 Å². The topological polar surface area (TPSA) is 110 Å². The number of nitrogens with one attached hydrogen (secondary N) is 2. The molecule has 1 rings (SSSR count). The van der Waals surface area contributed by atoms with Crippen LogP contribution in [-0.4, -0.2) is 44.7 Å². The molecule has 0 aromatic carbocycles. The summed E-state index contributed by atoms with van der Waals surface area (Å²) in [5.41, 5.74) is 5.41. The third-order valence-electron chi connectivity index (χ3n) is 2.17. The minimum absolute atomic E-state index is 0.0492. The highest BCUT2D eigenvalue weighted by Crippen LogP contribution is 2.06. The number of ether oxygens (including phenoxy) is 1. The fourth-order valence-corrected chi connectivity index (χ4v) is 2.62. The van der Waals surface area contributed by atoms with Gasteiger partial charge in [-0.15, -0.1) is 0 Å². The number of hydrogen-bond acceptors (Lipinski definition) is 5. The van der Waals surface area contributed by atoms with Gasteiger partial charge in [0, 0.05) is 13.2 Å². The van der Waals surface area contributed by atoms with Crippen LogP contribution in [0.5, 0.6) is 0 Å². The Kier molecular flexibility index (Phi) is 5.06. The molecule has 0 aliphatic rings. The standard InChI is InChI=1S/C9H18N4O3S/c1-7-11-5-9(12-7)17(14,15)13-8(3-4-10)6-16-2/h5,8,13H,3-4,6,10H2,1-2H3,(H,11,12). The van der Waals surface area contributed by atoms with Crippen molar-refractivity contribution >= 4 is 10.0 Å². The first-order chi connectivity index (χ1) is 7.99. The van der Waals surface area contributed by atoms with Crippen molar-refractivity contribution in [2.24, 2.45) is 5.73 Å². The Morgan fingerprint density at radius 1 is 1.65 bits per heavy atom. The minimum atomic E-state index is -3.59. The quantitative estimate of drug-likeness (QED) is 0.605. The van der Waals surface area contributed by atoms with E-state index in [1.165, 1.54) is 13.3 Å². The van der Waals surface area contributed by atoms with E-state index in [9.17, 15) is 8.42 Å². The molecule has 1 unspecified atom stereocenters. The van der Waals surface area contributed by atoms with Crippen LogP contribution in [0.1, 0.15) is 12.2 Å². The second kappa shape index (κ2) is 6.10. The van der Waals surface area contributed by atoms with Gasteiger partial charge in [0.1, 0.15) is 5.82 Å². The highest BCUT2D eigenvalue weighted by molar-refractivity contribution is 7.89. The highest BCUT2D eigenvalue weighted by atomic mass is 32.2. The molecule has 1 aromatic rings. The Balaban J connectivity index is 2.77. The van der Waals surface area contributed by atoms with Gasteiger partial charge < -0.3 is 15.5 Å². The molecule has 0 radical (unpaired) electrons. The van der Waals surface area contributed by atoms with Gasteiger partial charge in [-0.25, -0.2) is 18.1 Å². The molecule has 98 valence electrons. The number of methoxy groups -OCH3 is 1. The summed E-state index contributed by atoms with van der Waals surface area (Å²) in [7, 11) is -2.07. The van der Waals surface area contributed by atoms with E-state index in [4.69, 9.17) is 10.5 Å². The second-order valence-electron chi connectivity index (χ2n) is 3.68. The van der Waals surface area contributed by atoms with E-state index in [1.54, 1.807) is 6.92 Å². The van der Waals surface area contributed by atoms with Crippen molar-refractivity contribution in [2.75, 3.05) is 20.3 Å². The highest BCUT2D eigenvalue weighted by Gasteiger charge is 2.21. The Bertz CT molecular complexity index is 437. The van der Waals surface area contributed by atoms with E-state index in [1.807, 2.05) is 0 Å². The number of hydrogen-bond donors (Lipinski definition) is 3. The normalized spacial score (nSPS) is 13.8. The monoisotopic (exact) mass is 262 g/mol. The Labute approximate surface area is 101 Å². The molecular weight excluding hydrogens is 244 g/mol.